The molecule has 41 heavy (non-hydrogen) atoms. The third-order valence-electron chi connectivity index (χ3n) is 6.87. The van der Waals surface area contributed by atoms with Gasteiger partial charge in [-0.15, -0.1) is 0 Å². The molecule has 4 atom stereocenters. The molecule has 3 rings (SSSR count). The van der Waals surface area contributed by atoms with Crippen LogP contribution in [0.25, 0.3) is 10.4 Å². The molecule has 1 fully saturated rings. The number of amides is 1. The van der Waals surface area contributed by atoms with E-state index in [9.17, 15) is 9.90 Å². The molecule has 10 nitrogen and oxygen atoms in total. The third-order valence-corrected chi connectivity index (χ3v) is 11.9. The second-order valence-corrected chi connectivity index (χ2v) is 17.1. The second kappa shape index (κ2) is 12.9. The third kappa shape index (κ3) is 8.09. The Morgan fingerprint density at radius 3 is 2.00 bits per heavy atom. The van der Waals surface area contributed by atoms with Crippen LogP contribution in [0.1, 0.15) is 55.4 Å². The number of alkyl carbamates (subject to hydrolysis) is 1. The lowest BCUT2D eigenvalue weighted by atomic mass is 10.0. The van der Waals surface area contributed by atoms with E-state index in [1.165, 1.54) is 0 Å². The summed E-state index contributed by atoms with van der Waals surface area (Å²) in [4.78, 5) is 15.9. The van der Waals surface area contributed by atoms with Crippen LogP contribution in [0.15, 0.2) is 65.8 Å². The highest BCUT2D eigenvalue weighted by Crippen LogP contribution is 2.38. The molecule has 224 valence electrons. The molecule has 11 heteroatoms. The van der Waals surface area contributed by atoms with Crippen LogP contribution in [0.2, 0.25) is 5.04 Å². The first-order valence-electron chi connectivity index (χ1n) is 13.9. The molecule has 0 saturated carbocycles. The van der Waals surface area contributed by atoms with Crippen molar-refractivity contribution in [2.75, 3.05) is 13.2 Å². The Labute approximate surface area is 244 Å². The zero-order chi connectivity index (χ0) is 30.5. The largest absolute Gasteiger partial charge is 0.444 e. The molecule has 1 amide bonds. The molecule has 1 heterocycles. The van der Waals surface area contributed by atoms with Crippen LogP contribution >= 0.6 is 0 Å². The maximum Gasteiger partial charge on any atom is 0.408 e. The molecular weight excluding hydrogens is 540 g/mol. The van der Waals surface area contributed by atoms with Crippen molar-refractivity contribution in [3.8, 4) is 0 Å². The number of hydrogen-bond acceptors (Lipinski definition) is 7. The van der Waals surface area contributed by atoms with E-state index in [4.69, 9.17) is 24.2 Å². The van der Waals surface area contributed by atoms with Crippen molar-refractivity contribution in [3.63, 3.8) is 0 Å². The van der Waals surface area contributed by atoms with Crippen LogP contribution in [0, 0.1) is 0 Å². The number of rotatable bonds is 10. The average Bonchev–Trinajstić information content (AvgIpc) is 3.21. The Hall–Kier alpha value is -2.92. The molecule has 2 aromatic carbocycles. The normalized spacial score (nSPS) is 20.5. The highest BCUT2D eigenvalue weighted by atomic mass is 28.4. The zero-order valence-electron chi connectivity index (χ0n) is 25.3. The van der Waals surface area contributed by atoms with Crippen LogP contribution < -0.4 is 15.7 Å². The first-order chi connectivity index (χ1) is 19.1. The van der Waals surface area contributed by atoms with Crippen LogP contribution in [0.3, 0.4) is 0 Å². The van der Waals surface area contributed by atoms with E-state index in [0.29, 0.717) is 0 Å². The number of ether oxygens (including phenoxy) is 3. The van der Waals surface area contributed by atoms with Gasteiger partial charge in [-0.2, -0.15) is 0 Å². The topological polar surface area (TPSA) is 135 Å². The highest BCUT2D eigenvalue weighted by Gasteiger charge is 2.53. The van der Waals surface area contributed by atoms with E-state index in [1.807, 2.05) is 36.4 Å². The Morgan fingerprint density at radius 1 is 1.02 bits per heavy atom. The fraction of sp³-hybridized carbons (Fsp3) is 0.567. The van der Waals surface area contributed by atoms with Crippen LogP contribution in [0.4, 0.5) is 4.79 Å². The van der Waals surface area contributed by atoms with Crippen molar-refractivity contribution in [1.82, 2.24) is 5.32 Å². The minimum Gasteiger partial charge on any atom is -0.444 e. The van der Waals surface area contributed by atoms with E-state index in [1.54, 1.807) is 34.6 Å². The summed E-state index contributed by atoms with van der Waals surface area (Å²) in [6, 6.07) is 19.5. The number of aliphatic hydroxyl groups is 1. The summed E-state index contributed by atoms with van der Waals surface area (Å²) in [5.74, 6) is -1.07. The average molecular weight is 585 g/mol. The molecule has 0 spiro atoms. The van der Waals surface area contributed by atoms with Gasteiger partial charge in [0, 0.05) is 4.91 Å². The Kier molecular flexibility index (Phi) is 10.3. The summed E-state index contributed by atoms with van der Waals surface area (Å²) < 4.78 is 25.0. The molecule has 1 saturated heterocycles. The minimum absolute atomic E-state index is 0.0430. The quantitative estimate of drug-likeness (QED) is 0.181. The number of aliphatic hydroxyl groups excluding tert-OH is 1. The van der Waals surface area contributed by atoms with Gasteiger partial charge in [-0.05, 0) is 55.6 Å². The van der Waals surface area contributed by atoms with Gasteiger partial charge < -0.3 is 29.1 Å². The van der Waals surface area contributed by atoms with E-state index in [2.05, 4.69) is 60.4 Å². The predicted octanol–water partition coefficient (Wildman–Crippen LogP) is 4.65. The Balaban J connectivity index is 2.08. The summed E-state index contributed by atoms with van der Waals surface area (Å²) in [5.41, 5.74) is 8.08. The maximum absolute atomic E-state index is 13.1. The number of nitrogens with zero attached hydrogens (tertiary/aromatic N) is 3. The van der Waals surface area contributed by atoms with Gasteiger partial charge in [0.15, 0.2) is 5.79 Å². The molecule has 2 aromatic rings. The summed E-state index contributed by atoms with van der Waals surface area (Å²) in [7, 11) is -2.98. The van der Waals surface area contributed by atoms with Gasteiger partial charge in [0.05, 0.1) is 25.3 Å². The predicted molar refractivity (Wildman–Crippen MR) is 161 cm³/mol. The summed E-state index contributed by atoms with van der Waals surface area (Å²) in [5, 5.41) is 19.2. The van der Waals surface area contributed by atoms with Gasteiger partial charge in [-0.25, -0.2) is 4.79 Å². The molecular formula is C30H44N4O6Si. The fourth-order valence-corrected chi connectivity index (χ4v) is 9.89. The molecule has 0 aromatic heterocycles. The van der Waals surface area contributed by atoms with Gasteiger partial charge in [-0.1, -0.05) is 86.5 Å². The number of hydrogen-bond donors (Lipinski definition) is 2. The number of carbonyl (C=O) groups is 1. The van der Waals surface area contributed by atoms with Crippen molar-refractivity contribution in [2.24, 2.45) is 5.11 Å². The molecule has 0 unspecified atom stereocenters. The molecule has 0 radical (unpaired) electrons. The molecule has 1 aliphatic heterocycles. The van der Waals surface area contributed by atoms with Crippen molar-refractivity contribution in [2.45, 2.75) is 96.2 Å². The smallest absolute Gasteiger partial charge is 0.408 e. The Morgan fingerprint density at radius 2 is 1.54 bits per heavy atom. The Bertz CT molecular complexity index is 1150. The number of carbonyl (C=O) groups excluding carboxylic acids is 1. The zero-order valence-corrected chi connectivity index (χ0v) is 26.3. The first-order valence-corrected chi connectivity index (χ1v) is 15.8. The van der Waals surface area contributed by atoms with Crippen molar-refractivity contribution in [1.29, 1.82) is 0 Å². The highest BCUT2D eigenvalue weighted by molar-refractivity contribution is 6.99. The SMILES string of the molecule is CC(C)(C)OC(=O)N[C@@H](CO[Si](c1ccccc1)(c1ccccc1)C(C)(C)C)[C@H]1OC(C)(C)O[C@@H]1[C@@H](O)CN=[N+]=[N-]. The van der Waals surface area contributed by atoms with Gasteiger partial charge in [0.1, 0.15) is 17.8 Å². The molecule has 1 aliphatic rings. The van der Waals surface area contributed by atoms with E-state index >= 15 is 0 Å². The minimum atomic E-state index is -2.98. The lowest BCUT2D eigenvalue weighted by Crippen LogP contribution is -2.68. The van der Waals surface area contributed by atoms with Crippen LogP contribution in [-0.4, -0.2) is 68.4 Å². The number of benzene rings is 2. The summed E-state index contributed by atoms with van der Waals surface area (Å²) in [6.07, 6.45) is -3.56. The van der Waals surface area contributed by atoms with E-state index in [0.717, 1.165) is 10.4 Å². The van der Waals surface area contributed by atoms with Crippen molar-refractivity contribution >= 4 is 24.8 Å². The monoisotopic (exact) mass is 584 g/mol. The fourth-order valence-electron chi connectivity index (χ4n) is 5.30. The summed E-state index contributed by atoms with van der Waals surface area (Å²) >= 11 is 0. The standard InChI is InChI=1S/C30H44N4O6Si/c1-28(2,3)40-27(36)33-23(25-26(24(35)19-32-34-31)39-30(7,8)38-25)20-37-41(29(4,5)6,21-15-11-9-12-16-21)22-17-13-10-14-18-22/h9-18,23-26,35H,19-20H2,1-8H3,(H,33,36)/t23-,24-,25+,26+/m0/s1. The van der Waals surface area contributed by atoms with Crippen molar-refractivity contribution < 1.29 is 28.5 Å². The summed E-state index contributed by atoms with van der Waals surface area (Å²) in [6.45, 7) is 15.1. The van der Waals surface area contributed by atoms with Crippen molar-refractivity contribution in [3.05, 3.63) is 71.1 Å². The molecule has 0 bridgehead atoms. The van der Waals surface area contributed by atoms with Gasteiger partial charge in [0.25, 0.3) is 8.32 Å². The number of nitrogens with one attached hydrogen (secondary N) is 1. The lowest BCUT2D eigenvalue weighted by Gasteiger charge is -2.44. The second-order valence-electron chi connectivity index (χ2n) is 12.8. The van der Waals surface area contributed by atoms with E-state index < -0.39 is 50.2 Å². The van der Waals surface area contributed by atoms with E-state index in [-0.39, 0.29) is 18.2 Å². The van der Waals surface area contributed by atoms with Gasteiger partial charge >= 0.3 is 6.09 Å². The van der Waals surface area contributed by atoms with Gasteiger partial charge in [-0.3, -0.25) is 0 Å². The molecule has 0 aliphatic carbocycles. The van der Waals surface area contributed by atoms with Gasteiger partial charge in [0.2, 0.25) is 0 Å². The maximum atomic E-state index is 13.1. The lowest BCUT2D eigenvalue weighted by molar-refractivity contribution is -0.156. The number of azide groups is 1. The van der Waals surface area contributed by atoms with Crippen LogP contribution in [0.5, 0.6) is 0 Å². The van der Waals surface area contributed by atoms with Crippen LogP contribution in [-0.2, 0) is 18.6 Å². The first kappa shape index (κ1) is 32.6. The molecule has 2 N–H and O–H groups in total.